The summed E-state index contributed by atoms with van der Waals surface area (Å²) in [7, 11) is 1.64. The Bertz CT molecular complexity index is 447. The molecule has 7 nitrogen and oxygen atoms in total. The van der Waals surface area contributed by atoms with Gasteiger partial charge < -0.3 is 16.0 Å². The lowest BCUT2D eigenvalue weighted by Crippen LogP contribution is -2.43. The predicted molar refractivity (Wildman–Crippen MR) is 72.5 cm³/mol. The number of hydrogen-bond donors (Lipinski definition) is 2. The van der Waals surface area contributed by atoms with E-state index in [1.807, 2.05) is 20.8 Å². The predicted octanol–water partition coefficient (Wildman–Crippen LogP) is -0.0110. The van der Waals surface area contributed by atoms with Crippen LogP contribution in [0.1, 0.15) is 31.3 Å². The third-order valence-corrected chi connectivity index (χ3v) is 2.62. The quantitative estimate of drug-likeness (QED) is 0.784. The lowest BCUT2D eigenvalue weighted by molar-refractivity contribution is -0.122. The van der Waals surface area contributed by atoms with Crippen molar-refractivity contribution in [1.82, 2.24) is 20.0 Å². The van der Waals surface area contributed by atoms with E-state index in [1.165, 1.54) is 15.8 Å². The molecule has 1 rings (SSSR count). The van der Waals surface area contributed by atoms with E-state index in [9.17, 15) is 9.59 Å². The van der Waals surface area contributed by atoms with Crippen molar-refractivity contribution >= 4 is 17.5 Å². The number of likely N-dealkylation sites (N-methyl/N-ethyl adjacent to an activating group) is 1. The summed E-state index contributed by atoms with van der Waals surface area (Å²) in [6.45, 7) is 5.99. The highest BCUT2D eigenvalue weighted by molar-refractivity contribution is 5.99. The van der Waals surface area contributed by atoms with Crippen molar-refractivity contribution in [3.63, 3.8) is 0 Å². The van der Waals surface area contributed by atoms with E-state index >= 15 is 0 Å². The third-order valence-electron chi connectivity index (χ3n) is 2.62. The van der Waals surface area contributed by atoms with E-state index in [-0.39, 0.29) is 24.4 Å². The van der Waals surface area contributed by atoms with Crippen LogP contribution in [-0.4, -0.2) is 45.6 Å². The summed E-state index contributed by atoms with van der Waals surface area (Å²) < 4.78 is 1.42. The minimum Gasteiger partial charge on any atom is -0.396 e. The van der Waals surface area contributed by atoms with Crippen molar-refractivity contribution in [3.8, 4) is 0 Å². The standard InChI is InChI=1S/C12H21N5O2/c1-5-17(7-10(18)15-8(2)3)12(19)11-9(13)6-14-16(11)4/h6,8H,5,7,13H2,1-4H3,(H,15,18). The van der Waals surface area contributed by atoms with E-state index < -0.39 is 0 Å². The number of aryl methyl sites for hydroxylation is 1. The summed E-state index contributed by atoms with van der Waals surface area (Å²) in [5.74, 6) is -0.482. The summed E-state index contributed by atoms with van der Waals surface area (Å²) in [6.07, 6.45) is 1.43. The Balaban J connectivity index is 2.81. The van der Waals surface area contributed by atoms with Crippen molar-refractivity contribution in [2.45, 2.75) is 26.8 Å². The first-order valence-electron chi connectivity index (χ1n) is 6.22. The Morgan fingerprint density at radius 2 is 2.16 bits per heavy atom. The fourth-order valence-corrected chi connectivity index (χ4v) is 1.73. The summed E-state index contributed by atoms with van der Waals surface area (Å²) in [5.41, 5.74) is 6.33. The Labute approximate surface area is 112 Å². The third kappa shape index (κ3) is 3.70. The number of nitrogens with one attached hydrogen (secondary N) is 1. The zero-order chi connectivity index (χ0) is 14.6. The second kappa shape index (κ2) is 6.21. The second-order valence-electron chi connectivity index (χ2n) is 4.61. The zero-order valence-electron chi connectivity index (χ0n) is 11.8. The van der Waals surface area contributed by atoms with Crippen LogP contribution in [0.3, 0.4) is 0 Å². The number of nitrogens with two attached hydrogens (primary N) is 1. The van der Waals surface area contributed by atoms with Crippen LogP contribution in [-0.2, 0) is 11.8 Å². The molecule has 19 heavy (non-hydrogen) atoms. The molecule has 0 saturated heterocycles. The largest absolute Gasteiger partial charge is 0.396 e. The molecule has 0 atom stereocenters. The molecule has 0 aliphatic rings. The fraction of sp³-hybridized carbons (Fsp3) is 0.583. The van der Waals surface area contributed by atoms with Crippen molar-refractivity contribution in [2.75, 3.05) is 18.8 Å². The van der Waals surface area contributed by atoms with Gasteiger partial charge in [-0.1, -0.05) is 0 Å². The molecule has 0 bridgehead atoms. The van der Waals surface area contributed by atoms with E-state index in [4.69, 9.17) is 5.73 Å². The summed E-state index contributed by atoms with van der Waals surface area (Å²) in [4.78, 5) is 25.4. The average molecular weight is 267 g/mol. The Morgan fingerprint density at radius 1 is 1.53 bits per heavy atom. The van der Waals surface area contributed by atoms with Crippen LogP contribution < -0.4 is 11.1 Å². The maximum atomic E-state index is 12.3. The minimum absolute atomic E-state index is 0.0120. The number of carbonyl (C=O) groups excluding carboxylic acids is 2. The first-order valence-corrected chi connectivity index (χ1v) is 6.22. The smallest absolute Gasteiger partial charge is 0.274 e. The lowest BCUT2D eigenvalue weighted by atomic mass is 10.3. The topological polar surface area (TPSA) is 93.2 Å². The summed E-state index contributed by atoms with van der Waals surface area (Å²) in [6, 6.07) is 0.0445. The molecule has 0 fully saturated rings. The number of carbonyl (C=O) groups is 2. The molecule has 7 heteroatoms. The van der Waals surface area contributed by atoms with Crippen LogP contribution >= 0.6 is 0 Å². The molecule has 0 saturated carbocycles. The number of amides is 2. The minimum atomic E-state index is -0.293. The van der Waals surface area contributed by atoms with Gasteiger partial charge >= 0.3 is 0 Å². The second-order valence-corrected chi connectivity index (χ2v) is 4.61. The van der Waals surface area contributed by atoms with Crippen LogP contribution in [0.5, 0.6) is 0 Å². The number of nitrogens with zero attached hydrogens (tertiary/aromatic N) is 3. The van der Waals surface area contributed by atoms with Gasteiger partial charge in [0.05, 0.1) is 18.4 Å². The molecule has 0 aliphatic heterocycles. The summed E-state index contributed by atoms with van der Waals surface area (Å²) >= 11 is 0. The number of aromatic nitrogens is 2. The van der Waals surface area contributed by atoms with Crippen LogP contribution in [0, 0.1) is 0 Å². The first kappa shape index (κ1) is 15.0. The maximum Gasteiger partial charge on any atom is 0.274 e. The van der Waals surface area contributed by atoms with Gasteiger partial charge in [-0.3, -0.25) is 14.3 Å². The van der Waals surface area contributed by atoms with E-state index in [0.29, 0.717) is 17.9 Å². The van der Waals surface area contributed by atoms with E-state index in [1.54, 1.807) is 7.05 Å². The molecule has 0 spiro atoms. The van der Waals surface area contributed by atoms with Crippen molar-refractivity contribution in [2.24, 2.45) is 7.05 Å². The molecule has 2 amide bonds. The SMILES string of the molecule is CCN(CC(=O)NC(C)C)C(=O)c1c(N)cnn1C. The molecule has 0 aliphatic carbocycles. The number of anilines is 1. The normalized spacial score (nSPS) is 10.6. The molecule has 1 heterocycles. The molecule has 1 aromatic rings. The molecule has 0 unspecified atom stereocenters. The molecule has 106 valence electrons. The number of hydrogen-bond acceptors (Lipinski definition) is 4. The Morgan fingerprint density at radius 3 is 2.58 bits per heavy atom. The highest BCUT2D eigenvalue weighted by Crippen LogP contribution is 2.12. The molecule has 0 radical (unpaired) electrons. The van der Waals surface area contributed by atoms with E-state index in [0.717, 1.165) is 0 Å². The van der Waals surface area contributed by atoms with Crippen LogP contribution in [0.2, 0.25) is 0 Å². The molecule has 1 aromatic heterocycles. The van der Waals surface area contributed by atoms with Crippen LogP contribution in [0.25, 0.3) is 0 Å². The van der Waals surface area contributed by atoms with Gasteiger partial charge in [-0.15, -0.1) is 0 Å². The highest BCUT2D eigenvalue weighted by Gasteiger charge is 2.22. The molecular weight excluding hydrogens is 246 g/mol. The molecule has 3 N–H and O–H groups in total. The lowest BCUT2D eigenvalue weighted by Gasteiger charge is -2.21. The number of nitrogen functional groups attached to an aromatic ring is 1. The summed E-state index contributed by atoms with van der Waals surface area (Å²) in [5, 5.41) is 6.68. The molecular formula is C12H21N5O2. The monoisotopic (exact) mass is 267 g/mol. The van der Waals surface area contributed by atoms with Gasteiger partial charge in [0.2, 0.25) is 5.91 Å². The van der Waals surface area contributed by atoms with Crippen LogP contribution in [0.15, 0.2) is 6.20 Å². The van der Waals surface area contributed by atoms with Crippen molar-refractivity contribution in [3.05, 3.63) is 11.9 Å². The van der Waals surface area contributed by atoms with E-state index in [2.05, 4.69) is 10.4 Å². The van der Waals surface area contributed by atoms with Gasteiger partial charge in [-0.2, -0.15) is 5.10 Å². The van der Waals surface area contributed by atoms with Gasteiger partial charge in [0.15, 0.2) is 0 Å². The van der Waals surface area contributed by atoms with Gasteiger partial charge in [-0.25, -0.2) is 0 Å². The van der Waals surface area contributed by atoms with Crippen LogP contribution in [0.4, 0.5) is 5.69 Å². The fourth-order valence-electron chi connectivity index (χ4n) is 1.73. The highest BCUT2D eigenvalue weighted by atomic mass is 16.2. The zero-order valence-corrected chi connectivity index (χ0v) is 11.8. The average Bonchev–Trinajstić information content (AvgIpc) is 2.64. The number of rotatable bonds is 5. The first-order chi connectivity index (χ1) is 8.86. The Kier molecular flexibility index (Phi) is 4.91. The molecule has 0 aromatic carbocycles. The van der Waals surface area contributed by atoms with Gasteiger partial charge in [-0.05, 0) is 20.8 Å². The Hall–Kier alpha value is -2.05. The van der Waals surface area contributed by atoms with Gasteiger partial charge in [0, 0.05) is 19.6 Å². The maximum absolute atomic E-state index is 12.3. The van der Waals surface area contributed by atoms with Gasteiger partial charge in [0.1, 0.15) is 5.69 Å². The van der Waals surface area contributed by atoms with Gasteiger partial charge in [0.25, 0.3) is 5.91 Å². The van der Waals surface area contributed by atoms with Crippen molar-refractivity contribution in [1.29, 1.82) is 0 Å². The van der Waals surface area contributed by atoms with Crippen molar-refractivity contribution < 1.29 is 9.59 Å².